The van der Waals surface area contributed by atoms with Crippen molar-refractivity contribution in [2.45, 2.75) is 46.5 Å². The van der Waals surface area contributed by atoms with E-state index in [-0.39, 0.29) is 29.6 Å². The van der Waals surface area contributed by atoms with Crippen molar-refractivity contribution in [1.82, 2.24) is 4.90 Å². The van der Waals surface area contributed by atoms with Gasteiger partial charge < -0.3 is 15.5 Å². The predicted molar refractivity (Wildman–Crippen MR) is 105 cm³/mol. The zero-order valence-electron chi connectivity index (χ0n) is 16.4. The molecule has 1 heterocycles. The van der Waals surface area contributed by atoms with Gasteiger partial charge in [-0.3, -0.25) is 14.4 Å². The lowest BCUT2D eigenvalue weighted by molar-refractivity contribution is -0.135. The van der Waals surface area contributed by atoms with Crippen molar-refractivity contribution in [3.8, 4) is 0 Å². The molecule has 1 aromatic rings. The zero-order chi connectivity index (χ0) is 19.6. The van der Waals surface area contributed by atoms with Crippen molar-refractivity contribution in [3.63, 3.8) is 0 Å². The van der Waals surface area contributed by atoms with Crippen LogP contribution >= 0.6 is 0 Å². The van der Waals surface area contributed by atoms with Crippen LogP contribution in [0.25, 0.3) is 0 Å². The van der Waals surface area contributed by atoms with Crippen molar-refractivity contribution >= 4 is 29.1 Å². The largest absolute Gasteiger partial charge is 0.342 e. The summed E-state index contributed by atoms with van der Waals surface area (Å²) in [6.07, 6.45) is 3.66. The van der Waals surface area contributed by atoms with Gasteiger partial charge in [-0.05, 0) is 49.9 Å². The lowest BCUT2D eigenvalue weighted by atomic mass is 9.95. The molecule has 0 aromatic heterocycles. The van der Waals surface area contributed by atoms with Gasteiger partial charge in [-0.15, -0.1) is 0 Å². The van der Waals surface area contributed by atoms with Gasteiger partial charge in [0.05, 0.1) is 5.92 Å². The van der Waals surface area contributed by atoms with Gasteiger partial charge in [-0.2, -0.15) is 0 Å². The number of amides is 3. The van der Waals surface area contributed by atoms with E-state index >= 15 is 0 Å². The summed E-state index contributed by atoms with van der Waals surface area (Å²) in [5.41, 5.74) is 0.934. The monoisotopic (exact) mass is 371 g/mol. The second kappa shape index (κ2) is 7.71. The summed E-state index contributed by atoms with van der Waals surface area (Å²) >= 11 is 0. The van der Waals surface area contributed by atoms with E-state index in [1.807, 2.05) is 25.7 Å². The summed E-state index contributed by atoms with van der Waals surface area (Å²) in [5.74, 6) is 0.146. The fraction of sp³-hybridized carbons (Fsp3) is 0.571. The number of nitrogens with one attached hydrogen (secondary N) is 2. The molecule has 0 bridgehead atoms. The third-order valence-electron chi connectivity index (χ3n) is 5.12. The van der Waals surface area contributed by atoms with E-state index in [4.69, 9.17) is 0 Å². The first-order valence-electron chi connectivity index (χ1n) is 9.75. The van der Waals surface area contributed by atoms with Gasteiger partial charge in [0.15, 0.2) is 0 Å². The number of rotatable bonds is 4. The van der Waals surface area contributed by atoms with Gasteiger partial charge in [0, 0.05) is 35.8 Å². The molecule has 2 N–H and O–H groups in total. The van der Waals surface area contributed by atoms with E-state index in [0.717, 1.165) is 32.2 Å². The van der Waals surface area contributed by atoms with Gasteiger partial charge in [-0.1, -0.05) is 20.8 Å². The molecule has 0 radical (unpaired) electrons. The summed E-state index contributed by atoms with van der Waals surface area (Å²) in [7, 11) is 0. The number of nitrogens with zero attached hydrogens (tertiary/aromatic N) is 1. The molecule has 1 atom stereocenters. The molecule has 27 heavy (non-hydrogen) atoms. The standard InChI is InChI=1S/C21H29N3O3/c1-21(2,3)20(27)23-17-10-8-16(9-11-17)22-18(25)15-5-4-12-24(13-15)19(26)14-6-7-14/h8-11,14-15H,4-7,12-13H2,1-3H3,(H,22,25)(H,23,27)/t15-/m0/s1. The van der Waals surface area contributed by atoms with Gasteiger partial charge in [0.1, 0.15) is 0 Å². The molecular weight excluding hydrogens is 342 g/mol. The second-order valence-corrected chi connectivity index (χ2v) is 8.67. The van der Waals surface area contributed by atoms with Crippen LogP contribution in [0.3, 0.4) is 0 Å². The molecule has 2 fully saturated rings. The fourth-order valence-electron chi connectivity index (χ4n) is 3.18. The van der Waals surface area contributed by atoms with E-state index in [2.05, 4.69) is 10.6 Å². The maximum Gasteiger partial charge on any atom is 0.229 e. The summed E-state index contributed by atoms with van der Waals surface area (Å²) in [4.78, 5) is 38.7. The normalized spacial score (nSPS) is 20.1. The van der Waals surface area contributed by atoms with Crippen LogP contribution in [0.5, 0.6) is 0 Å². The first kappa shape index (κ1) is 19.4. The van der Waals surface area contributed by atoms with Crippen molar-refractivity contribution in [3.05, 3.63) is 24.3 Å². The maximum atomic E-state index is 12.6. The minimum absolute atomic E-state index is 0.0465. The number of carbonyl (C=O) groups is 3. The van der Waals surface area contributed by atoms with Gasteiger partial charge >= 0.3 is 0 Å². The predicted octanol–water partition coefficient (Wildman–Crippen LogP) is 3.26. The lowest BCUT2D eigenvalue weighted by Gasteiger charge is -2.32. The van der Waals surface area contributed by atoms with Gasteiger partial charge in [0.2, 0.25) is 17.7 Å². The molecule has 1 aliphatic carbocycles. The third kappa shape index (κ3) is 5.08. The zero-order valence-corrected chi connectivity index (χ0v) is 16.4. The molecule has 1 saturated carbocycles. The fourth-order valence-corrected chi connectivity index (χ4v) is 3.18. The Hall–Kier alpha value is -2.37. The van der Waals surface area contributed by atoms with E-state index in [9.17, 15) is 14.4 Å². The van der Waals surface area contributed by atoms with Crippen LogP contribution in [0.2, 0.25) is 0 Å². The molecule has 0 unspecified atom stereocenters. The third-order valence-corrected chi connectivity index (χ3v) is 5.12. The van der Waals surface area contributed by atoms with Crippen molar-refractivity contribution in [2.24, 2.45) is 17.3 Å². The maximum absolute atomic E-state index is 12.6. The average Bonchev–Trinajstić information content (AvgIpc) is 3.47. The van der Waals surface area contributed by atoms with Crippen LogP contribution in [0.1, 0.15) is 46.5 Å². The minimum Gasteiger partial charge on any atom is -0.342 e. The number of benzene rings is 1. The van der Waals surface area contributed by atoms with E-state index in [1.54, 1.807) is 24.3 Å². The molecular formula is C21H29N3O3. The number of hydrogen-bond acceptors (Lipinski definition) is 3. The first-order valence-corrected chi connectivity index (χ1v) is 9.75. The quantitative estimate of drug-likeness (QED) is 0.853. The van der Waals surface area contributed by atoms with E-state index < -0.39 is 5.41 Å². The van der Waals surface area contributed by atoms with E-state index in [0.29, 0.717) is 17.9 Å². The average molecular weight is 371 g/mol. The Kier molecular flexibility index (Phi) is 5.53. The number of piperidine rings is 1. The Morgan fingerprint density at radius 3 is 2.07 bits per heavy atom. The highest BCUT2D eigenvalue weighted by Crippen LogP contribution is 2.32. The molecule has 6 nitrogen and oxygen atoms in total. The second-order valence-electron chi connectivity index (χ2n) is 8.67. The lowest BCUT2D eigenvalue weighted by Crippen LogP contribution is -2.44. The molecule has 146 valence electrons. The number of hydrogen-bond donors (Lipinski definition) is 2. The minimum atomic E-state index is -0.461. The molecule has 1 aromatic carbocycles. The Bertz CT molecular complexity index is 717. The van der Waals surface area contributed by atoms with Crippen LogP contribution in [0.15, 0.2) is 24.3 Å². The van der Waals surface area contributed by atoms with Crippen LogP contribution in [0.4, 0.5) is 11.4 Å². The molecule has 2 aliphatic rings. The van der Waals surface area contributed by atoms with E-state index in [1.165, 1.54) is 0 Å². The summed E-state index contributed by atoms with van der Waals surface area (Å²) in [6.45, 7) is 6.86. The Morgan fingerprint density at radius 2 is 1.52 bits per heavy atom. The molecule has 3 amide bonds. The van der Waals surface area contributed by atoms with Gasteiger partial charge in [-0.25, -0.2) is 0 Å². The van der Waals surface area contributed by atoms with Crippen molar-refractivity contribution in [2.75, 3.05) is 23.7 Å². The van der Waals surface area contributed by atoms with Crippen LogP contribution < -0.4 is 10.6 Å². The van der Waals surface area contributed by atoms with Crippen LogP contribution in [0, 0.1) is 17.3 Å². The Labute approximate surface area is 160 Å². The molecule has 0 spiro atoms. The number of carbonyl (C=O) groups excluding carboxylic acids is 3. The summed E-state index contributed by atoms with van der Waals surface area (Å²) in [6, 6.07) is 7.13. The molecule has 3 rings (SSSR count). The van der Waals surface area contributed by atoms with Crippen LogP contribution in [-0.4, -0.2) is 35.7 Å². The highest BCUT2D eigenvalue weighted by Gasteiger charge is 2.36. The summed E-state index contributed by atoms with van der Waals surface area (Å²) in [5, 5.41) is 5.80. The topological polar surface area (TPSA) is 78.5 Å². The molecule has 1 aliphatic heterocycles. The number of likely N-dealkylation sites (tertiary alicyclic amines) is 1. The first-order chi connectivity index (χ1) is 12.7. The highest BCUT2D eigenvalue weighted by atomic mass is 16.2. The molecule has 1 saturated heterocycles. The van der Waals surface area contributed by atoms with Crippen molar-refractivity contribution < 1.29 is 14.4 Å². The van der Waals surface area contributed by atoms with Crippen LogP contribution in [-0.2, 0) is 14.4 Å². The SMILES string of the molecule is CC(C)(C)C(=O)Nc1ccc(NC(=O)[C@H]2CCCN(C(=O)C3CC3)C2)cc1. The Morgan fingerprint density at radius 1 is 0.926 bits per heavy atom. The smallest absolute Gasteiger partial charge is 0.229 e. The highest BCUT2D eigenvalue weighted by molar-refractivity contribution is 5.96. The van der Waals surface area contributed by atoms with Crippen molar-refractivity contribution in [1.29, 1.82) is 0 Å². The molecule has 6 heteroatoms. The van der Waals surface area contributed by atoms with Gasteiger partial charge in [0.25, 0.3) is 0 Å². The Balaban J connectivity index is 1.54. The number of anilines is 2. The summed E-state index contributed by atoms with van der Waals surface area (Å²) < 4.78 is 0.